The fourth-order valence-corrected chi connectivity index (χ4v) is 3.37. The van der Waals surface area contributed by atoms with E-state index in [2.05, 4.69) is 17.0 Å². The summed E-state index contributed by atoms with van der Waals surface area (Å²) < 4.78 is 0. The van der Waals surface area contributed by atoms with E-state index in [-0.39, 0.29) is 6.54 Å². The van der Waals surface area contributed by atoms with Gasteiger partial charge >= 0.3 is 5.97 Å². The van der Waals surface area contributed by atoms with Crippen molar-refractivity contribution in [2.24, 2.45) is 0 Å². The number of benzene rings is 1. The first-order chi connectivity index (χ1) is 8.25. The molecule has 0 aromatic heterocycles. The van der Waals surface area contributed by atoms with E-state index >= 15 is 0 Å². The van der Waals surface area contributed by atoms with Crippen LogP contribution in [0.5, 0.6) is 0 Å². The molecule has 1 atom stereocenters. The second kappa shape index (κ2) is 6.07. The van der Waals surface area contributed by atoms with Crippen molar-refractivity contribution in [3.8, 4) is 0 Å². The molecule has 1 saturated heterocycles. The first kappa shape index (κ1) is 12.5. The Morgan fingerprint density at radius 1 is 1.41 bits per heavy atom. The largest absolute Gasteiger partial charge is 0.480 e. The molecule has 0 aliphatic carbocycles. The maximum atomic E-state index is 10.9. The number of nitrogens with zero attached hydrogens (tertiary/aromatic N) is 1. The summed E-state index contributed by atoms with van der Waals surface area (Å²) in [5, 5.41) is 8.97. The molecule has 3 nitrogen and oxygen atoms in total. The Morgan fingerprint density at radius 3 is 2.76 bits per heavy atom. The third-order valence-corrected chi connectivity index (χ3v) is 4.13. The van der Waals surface area contributed by atoms with Gasteiger partial charge in [-0.1, -0.05) is 30.3 Å². The number of aliphatic carboxylic acids is 1. The summed E-state index contributed by atoms with van der Waals surface area (Å²) in [7, 11) is 0. The number of carboxylic acids is 1. The van der Waals surface area contributed by atoms with Gasteiger partial charge in [0, 0.05) is 18.3 Å². The summed E-state index contributed by atoms with van der Waals surface area (Å²) in [4.78, 5) is 13.0. The van der Waals surface area contributed by atoms with Crippen LogP contribution in [0, 0.1) is 0 Å². The van der Waals surface area contributed by atoms with Gasteiger partial charge in [0.2, 0.25) is 0 Å². The van der Waals surface area contributed by atoms with Crippen LogP contribution < -0.4 is 0 Å². The van der Waals surface area contributed by atoms with Crippen molar-refractivity contribution in [1.82, 2.24) is 4.90 Å². The Morgan fingerprint density at radius 2 is 2.18 bits per heavy atom. The fourth-order valence-electron chi connectivity index (χ4n) is 2.12. The molecule has 4 heteroatoms. The Kier molecular flexibility index (Phi) is 4.45. The molecule has 0 amide bonds. The molecule has 1 aliphatic rings. The topological polar surface area (TPSA) is 40.5 Å². The predicted molar refractivity (Wildman–Crippen MR) is 70.2 cm³/mol. The number of hydrogen-bond acceptors (Lipinski definition) is 3. The van der Waals surface area contributed by atoms with Crippen LogP contribution in [0.4, 0.5) is 0 Å². The van der Waals surface area contributed by atoms with Crippen LogP contribution in [0.3, 0.4) is 0 Å². The number of thioether (sulfide) groups is 1. The van der Waals surface area contributed by atoms with E-state index in [9.17, 15) is 4.79 Å². The van der Waals surface area contributed by atoms with Gasteiger partial charge in [0.15, 0.2) is 0 Å². The normalized spacial score (nSPS) is 19.7. The molecule has 1 fully saturated rings. The van der Waals surface area contributed by atoms with Crippen molar-refractivity contribution in [3.63, 3.8) is 0 Å². The van der Waals surface area contributed by atoms with Gasteiger partial charge in [-0.25, -0.2) is 0 Å². The molecule has 0 radical (unpaired) electrons. The summed E-state index contributed by atoms with van der Waals surface area (Å²) in [5.74, 6) is 1.47. The maximum Gasteiger partial charge on any atom is 0.317 e. The lowest BCUT2D eigenvalue weighted by atomic mass is 10.1. The molecule has 1 heterocycles. The van der Waals surface area contributed by atoms with E-state index in [1.807, 2.05) is 30.0 Å². The third kappa shape index (κ3) is 3.75. The highest BCUT2D eigenvalue weighted by molar-refractivity contribution is 7.99. The third-order valence-electron chi connectivity index (χ3n) is 2.99. The Hall–Kier alpha value is -1.00. The van der Waals surface area contributed by atoms with E-state index < -0.39 is 5.97 Å². The van der Waals surface area contributed by atoms with Crippen LogP contribution in [0.1, 0.15) is 12.0 Å². The molecule has 0 spiro atoms. The molecule has 1 aromatic rings. The molecule has 92 valence electrons. The molecular formula is C13H17NO2S. The average Bonchev–Trinajstić information content (AvgIpc) is 2.82. The van der Waals surface area contributed by atoms with E-state index in [1.54, 1.807) is 0 Å². The van der Waals surface area contributed by atoms with Crippen LogP contribution in [0.25, 0.3) is 0 Å². The Labute approximate surface area is 106 Å². The number of carboxylic acid groups (broad SMARTS) is 1. The van der Waals surface area contributed by atoms with Gasteiger partial charge in [0.05, 0.1) is 6.54 Å². The zero-order valence-electron chi connectivity index (χ0n) is 9.71. The first-order valence-corrected chi connectivity index (χ1v) is 6.98. The zero-order valence-corrected chi connectivity index (χ0v) is 10.5. The molecule has 17 heavy (non-hydrogen) atoms. The van der Waals surface area contributed by atoms with Gasteiger partial charge in [-0.05, 0) is 17.7 Å². The second-order valence-corrected chi connectivity index (χ2v) is 5.45. The van der Waals surface area contributed by atoms with Crippen LogP contribution in [-0.2, 0) is 11.3 Å². The summed E-state index contributed by atoms with van der Waals surface area (Å²) in [6, 6.07) is 10.5. The summed E-state index contributed by atoms with van der Waals surface area (Å²) in [6.07, 6.45) is 1.10. The van der Waals surface area contributed by atoms with Crippen molar-refractivity contribution in [3.05, 3.63) is 35.9 Å². The van der Waals surface area contributed by atoms with Crippen molar-refractivity contribution in [2.75, 3.05) is 18.1 Å². The zero-order chi connectivity index (χ0) is 12.1. The molecule has 0 saturated carbocycles. The van der Waals surface area contributed by atoms with Crippen molar-refractivity contribution >= 4 is 17.7 Å². The summed E-state index contributed by atoms with van der Waals surface area (Å²) in [5.41, 5.74) is 1.19. The molecular weight excluding hydrogens is 234 g/mol. The molecule has 1 aromatic carbocycles. The van der Waals surface area contributed by atoms with E-state index in [0.717, 1.165) is 24.5 Å². The van der Waals surface area contributed by atoms with Gasteiger partial charge < -0.3 is 5.11 Å². The van der Waals surface area contributed by atoms with Gasteiger partial charge in [0.1, 0.15) is 0 Å². The maximum absolute atomic E-state index is 10.9. The Bertz CT molecular complexity index is 363. The van der Waals surface area contributed by atoms with Crippen molar-refractivity contribution in [2.45, 2.75) is 19.0 Å². The minimum atomic E-state index is -0.738. The van der Waals surface area contributed by atoms with Gasteiger partial charge in [-0.2, -0.15) is 11.8 Å². The summed E-state index contributed by atoms with van der Waals surface area (Å²) >= 11 is 1.91. The lowest BCUT2D eigenvalue weighted by Gasteiger charge is -2.26. The lowest BCUT2D eigenvalue weighted by molar-refractivity contribution is -0.139. The van der Waals surface area contributed by atoms with Crippen molar-refractivity contribution < 1.29 is 9.90 Å². The number of rotatable bonds is 5. The second-order valence-electron chi connectivity index (χ2n) is 4.30. The lowest BCUT2D eigenvalue weighted by Crippen LogP contribution is -2.38. The highest BCUT2D eigenvalue weighted by Crippen LogP contribution is 2.23. The van der Waals surface area contributed by atoms with Crippen LogP contribution >= 0.6 is 11.8 Å². The van der Waals surface area contributed by atoms with Gasteiger partial charge in [-0.15, -0.1) is 0 Å². The van der Waals surface area contributed by atoms with Crippen LogP contribution in [0.15, 0.2) is 30.3 Å². The van der Waals surface area contributed by atoms with E-state index in [0.29, 0.717) is 6.04 Å². The molecule has 1 unspecified atom stereocenters. The van der Waals surface area contributed by atoms with Gasteiger partial charge in [-0.3, -0.25) is 9.69 Å². The Balaban J connectivity index is 2.02. The molecule has 2 rings (SSSR count). The first-order valence-electron chi connectivity index (χ1n) is 5.83. The van der Waals surface area contributed by atoms with Crippen LogP contribution in [0.2, 0.25) is 0 Å². The summed E-state index contributed by atoms with van der Waals surface area (Å²) in [6.45, 7) is 0.873. The SMILES string of the molecule is O=C(O)CN(Cc1ccccc1)C1CCSC1. The van der Waals surface area contributed by atoms with E-state index in [1.165, 1.54) is 5.56 Å². The smallest absolute Gasteiger partial charge is 0.317 e. The fraction of sp³-hybridized carbons (Fsp3) is 0.462. The minimum Gasteiger partial charge on any atom is -0.480 e. The molecule has 1 aliphatic heterocycles. The molecule has 1 N–H and O–H groups in total. The van der Waals surface area contributed by atoms with Gasteiger partial charge in [0.25, 0.3) is 0 Å². The quantitative estimate of drug-likeness (QED) is 0.870. The van der Waals surface area contributed by atoms with E-state index in [4.69, 9.17) is 5.11 Å². The average molecular weight is 251 g/mol. The highest BCUT2D eigenvalue weighted by Gasteiger charge is 2.24. The number of carbonyl (C=O) groups is 1. The molecule has 0 bridgehead atoms. The van der Waals surface area contributed by atoms with Crippen LogP contribution in [-0.4, -0.2) is 40.1 Å². The standard InChI is InChI=1S/C13H17NO2S/c15-13(16)9-14(12-6-7-17-10-12)8-11-4-2-1-3-5-11/h1-5,12H,6-10H2,(H,15,16). The van der Waals surface area contributed by atoms with Crippen molar-refractivity contribution in [1.29, 1.82) is 0 Å². The predicted octanol–water partition coefficient (Wildman–Crippen LogP) is 2.08. The highest BCUT2D eigenvalue weighted by atomic mass is 32.2. The number of hydrogen-bond donors (Lipinski definition) is 1. The minimum absolute atomic E-state index is 0.139. The monoisotopic (exact) mass is 251 g/mol.